The molecule has 4 aromatic rings. The number of nitro groups is 1. The molecule has 1 unspecified atom stereocenters. The minimum atomic E-state index is -5.03. The molecule has 1 atom stereocenters. The Balaban J connectivity index is 1.36. The van der Waals surface area contributed by atoms with E-state index in [-0.39, 0.29) is 54.5 Å². The largest absolute Gasteiger partial charge is 0.490 e. The molecule has 0 bridgehead atoms. The number of piperidine rings is 1. The van der Waals surface area contributed by atoms with Crippen LogP contribution in [0.1, 0.15) is 41.3 Å². The molecule has 1 saturated heterocycles. The van der Waals surface area contributed by atoms with Gasteiger partial charge in [0.2, 0.25) is 5.60 Å². The summed E-state index contributed by atoms with van der Waals surface area (Å²) in [6.45, 7) is 1.93. The molecule has 0 spiro atoms. The van der Waals surface area contributed by atoms with Crippen molar-refractivity contribution in [2.45, 2.75) is 44.2 Å². The molecular formula is C32H32F3N3O6. The van der Waals surface area contributed by atoms with Crippen LogP contribution in [0.4, 0.5) is 18.9 Å². The molecule has 1 aliphatic rings. The summed E-state index contributed by atoms with van der Waals surface area (Å²) in [5, 5.41) is 23.0. The highest BCUT2D eigenvalue weighted by Gasteiger charge is 2.57. The molecule has 9 nitrogen and oxygen atoms in total. The van der Waals surface area contributed by atoms with Crippen LogP contribution in [0.3, 0.4) is 0 Å². The summed E-state index contributed by atoms with van der Waals surface area (Å²) in [5.74, 6) is 0.0922. The molecule has 2 heterocycles. The summed E-state index contributed by atoms with van der Waals surface area (Å²) >= 11 is 0. The third-order valence-corrected chi connectivity index (χ3v) is 7.84. The Morgan fingerprint density at radius 2 is 1.73 bits per heavy atom. The van der Waals surface area contributed by atoms with Crippen LogP contribution in [-0.2, 0) is 16.9 Å². The number of alkyl halides is 3. The van der Waals surface area contributed by atoms with Crippen LogP contribution in [-0.4, -0.2) is 64.0 Å². The third-order valence-electron chi connectivity index (χ3n) is 7.84. The van der Waals surface area contributed by atoms with Gasteiger partial charge in [0.05, 0.1) is 22.6 Å². The lowest BCUT2D eigenvalue weighted by molar-refractivity contribution is -0.384. The highest BCUT2D eigenvalue weighted by atomic mass is 19.4. The fourth-order valence-electron chi connectivity index (χ4n) is 5.55. The lowest BCUT2D eigenvalue weighted by atomic mass is 9.91. The topological polar surface area (TPSA) is 107 Å². The number of fused-ring (bicyclic) bond motifs is 1. The van der Waals surface area contributed by atoms with E-state index in [2.05, 4.69) is 0 Å². The molecular weight excluding hydrogens is 579 g/mol. The number of esters is 1. The average Bonchev–Trinajstić information content (AvgIpc) is 3.36. The lowest BCUT2D eigenvalue weighted by Gasteiger charge is -2.39. The first-order chi connectivity index (χ1) is 21.0. The monoisotopic (exact) mass is 611 g/mol. The van der Waals surface area contributed by atoms with Gasteiger partial charge < -0.3 is 19.1 Å². The van der Waals surface area contributed by atoms with Crippen LogP contribution in [0.15, 0.2) is 79.0 Å². The first kappa shape index (κ1) is 31.0. The van der Waals surface area contributed by atoms with E-state index >= 15 is 0 Å². The van der Waals surface area contributed by atoms with Crippen molar-refractivity contribution in [3.8, 4) is 5.75 Å². The zero-order valence-electron chi connectivity index (χ0n) is 24.0. The van der Waals surface area contributed by atoms with Gasteiger partial charge in [0.25, 0.3) is 5.69 Å². The van der Waals surface area contributed by atoms with Gasteiger partial charge >= 0.3 is 12.1 Å². The predicted octanol–water partition coefficient (Wildman–Crippen LogP) is 6.07. The molecule has 0 saturated carbocycles. The van der Waals surface area contributed by atoms with E-state index in [4.69, 9.17) is 9.47 Å². The molecule has 0 amide bonds. The van der Waals surface area contributed by atoms with Crippen LogP contribution in [0.25, 0.3) is 10.9 Å². The Morgan fingerprint density at radius 3 is 2.34 bits per heavy atom. The predicted molar refractivity (Wildman–Crippen MR) is 157 cm³/mol. The van der Waals surface area contributed by atoms with Crippen LogP contribution in [0.5, 0.6) is 5.75 Å². The first-order valence-electron chi connectivity index (χ1n) is 14.3. The van der Waals surface area contributed by atoms with Gasteiger partial charge in [0.15, 0.2) is 0 Å². The molecule has 0 aliphatic carbocycles. The van der Waals surface area contributed by atoms with E-state index < -0.39 is 29.2 Å². The number of likely N-dealkylation sites (tertiary alicyclic amines) is 1. The van der Waals surface area contributed by atoms with Crippen LogP contribution in [0, 0.1) is 10.1 Å². The number of halogens is 3. The molecule has 44 heavy (non-hydrogen) atoms. The van der Waals surface area contributed by atoms with Crippen LogP contribution < -0.4 is 4.74 Å². The number of nitrogens with zero attached hydrogens (tertiary/aromatic N) is 3. The Kier molecular flexibility index (Phi) is 8.93. The summed E-state index contributed by atoms with van der Waals surface area (Å²) in [6, 6.07) is 19.2. The van der Waals surface area contributed by atoms with E-state index in [0.717, 1.165) is 11.6 Å². The fourth-order valence-corrected chi connectivity index (χ4v) is 5.55. The highest BCUT2D eigenvalue weighted by molar-refractivity contribution is 5.89. The quantitative estimate of drug-likeness (QED) is 0.132. The Morgan fingerprint density at radius 1 is 1.05 bits per heavy atom. The number of ether oxygens (including phenoxy) is 2. The molecule has 1 N–H and O–H groups in total. The highest BCUT2D eigenvalue weighted by Crippen LogP contribution is 2.44. The molecule has 1 aliphatic heterocycles. The number of hydrogen-bond donors (Lipinski definition) is 1. The Hall–Kier alpha value is -4.42. The molecule has 0 radical (unpaired) electrons. The summed E-state index contributed by atoms with van der Waals surface area (Å²) in [4.78, 5) is 24.3. The number of β-amino-alcohol motifs (C(OH)–C–C–N with tert-alkyl or cyclic N) is 1. The standard InChI is InChI=1S/C32H32F3N3O6/c1-2-43-30(39)23-8-11-25(12-9-23)44-26-14-16-36(17-15-26)21-31(40,32(33,34)35)28-20-37(19-22-6-4-3-5-7-22)29-18-24(38(41)42)10-13-27(28)29/h3-13,18,20,26,40H,2,14-17,19,21H2,1H3. The smallest absolute Gasteiger partial charge is 0.422 e. The van der Waals surface area contributed by atoms with E-state index in [1.165, 1.54) is 22.9 Å². The zero-order chi connectivity index (χ0) is 31.5. The summed E-state index contributed by atoms with van der Waals surface area (Å²) in [6.07, 6.45) is -3.18. The number of rotatable bonds is 10. The van der Waals surface area contributed by atoms with Crippen molar-refractivity contribution in [2.75, 3.05) is 26.2 Å². The van der Waals surface area contributed by atoms with Crippen molar-refractivity contribution in [1.29, 1.82) is 0 Å². The second-order valence-corrected chi connectivity index (χ2v) is 10.8. The molecule has 1 fully saturated rings. The van der Waals surface area contributed by atoms with Gasteiger partial charge in [-0.05, 0) is 55.7 Å². The second-order valence-electron chi connectivity index (χ2n) is 10.8. The van der Waals surface area contributed by atoms with Crippen LogP contribution in [0.2, 0.25) is 0 Å². The first-order valence-corrected chi connectivity index (χ1v) is 14.3. The number of benzene rings is 3. The normalized spacial score (nSPS) is 16.0. The van der Waals surface area contributed by atoms with Crippen molar-refractivity contribution in [2.24, 2.45) is 0 Å². The van der Waals surface area contributed by atoms with E-state index in [1.807, 2.05) is 6.07 Å². The number of hydrogen-bond acceptors (Lipinski definition) is 7. The maximum absolute atomic E-state index is 14.8. The maximum atomic E-state index is 14.8. The van der Waals surface area contributed by atoms with Crippen LogP contribution >= 0.6 is 0 Å². The van der Waals surface area contributed by atoms with Crippen molar-refractivity contribution in [3.63, 3.8) is 0 Å². The Labute approximate surface area is 251 Å². The minimum absolute atomic E-state index is 0.0934. The molecule has 3 aromatic carbocycles. The molecule has 5 rings (SSSR count). The van der Waals surface area contributed by atoms with Crippen molar-refractivity contribution in [1.82, 2.24) is 9.47 Å². The fraction of sp³-hybridized carbons (Fsp3) is 0.344. The van der Waals surface area contributed by atoms with Gasteiger partial charge in [-0.3, -0.25) is 15.0 Å². The van der Waals surface area contributed by atoms with Gasteiger partial charge in [-0.25, -0.2) is 4.79 Å². The number of aromatic nitrogens is 1. The number of non-ortho nitro benzene ring substituents is 1. The third kappa shape index (κ3) is 6.56. The second kappa shape index (κ2) is 12.7. The van der Waals surface area contributed by atoms with Gasteiger partial charge in [0.1, 0.15) is 11.9 Å². The SMILES string of the molecule is CCOC(=O)c1ccc(OC2CCN(CC(O)(c3cn(Cc4ccccc4)c4cc([N+](=O)[O-])ccc34)C(F)(F)F)CC2)cc1. The number of nitro benzene ring substituents is 1. The average molecular weight is 612 g/mol. The summed E-state index contributed by atoms with van der Waals surface area (Å²) in [7, 11) is 0. The van der Waals surface area contributed by atoms with Gasteiger partial charge in [-0.2, -0.15) is 13.2 Å². The summed E-state index contributed by atoms with van der Waals surface area (Å²) < 4.78 is 56.8. The maximum Gasteiger partial charge on any atom is 0.422 e. The molecule has 12 heteroatoms. The zero-order valence-corrected chi connectivity index (χ0v) is 24.0. The number of carbonyl (C=O) groups is 1. The van der Waals surface area contributed by atoms with Gasteiger partial charge in [-0.1, -0.05) is 30.3 Å². The van der Waals surface area contributed by atoms with Gasteiger partial charge in [0, 0.05) is 55.5 Å². The van der Waals surface area contributed by atoms with E-state index in [9.17, 15) is 33.2 Å². The van der Waals surface area contributed by atoms with E-state index in [0.29, 0.717) is 24.2 Å². The minimum Gasteiger partial charge on any atom is -0.490 e. The van der Waals surface area contributed by atoms with Crippen molar-refractivity contribution < 1.29 is 37.5 Å². The van der Waals surface area contributed by atoms with Crippen molar-refractivity contribution >= 4 is 22.6 Å². The van der Waals surface area contributed by atoms with Gasteiger partial charge in [-0.15, -0.1) is 0 Å². The van der Waals surface area contributed by atoms with Crippen molar-refractivity contribution in [3.05, 3.63) is 106 Å². The van der Waals surface area contributed by atoms with E-state index in [1.54, 1.807) is 60.4 Å². The molecule has 232 valence electrons. The Bertz CT molecular complexity index is 1620. The summed E-state index contributed by atoms with van der Waals surface area (Å²) in [5.41, 5.74) is -2.45. The number of carbonyl (C=O) groups excluding carboxylic acids is 1. The molecule has 1 aromatic heterocycles. The number of aliphatic hydroxyl groups is 1. The lowest BCUT2D eigenvalue weighted by Crippen LogP contribution is -2.53.